The topological polar surface area (TPSA) is 242 Å². The zero-order chi connectivity index (χ0) is 74.0. The van der Waals surface area contributed by atoms with E-state index in [-0.39, 0.29) is 63.5 Å². The number of unbranched alkanes of at least 4 members (excludes halogenated alkanes) is 3. The number of ether oxygens (including phenoxy) is 4. The monoisotopic (exact) mass is 1590 g/mol. The zero-order valence-electron chi connectivity index (χ0n) is 62.2. The number of aromatic nitrogens is 4. The molecule has 3 aliphatic rings. The van der Waals surface area contributed by atoms with Gasteiger partial charge in [0.05, 0.1) is 64.9 Å². The third kappa shape index (κ3) is 23.1. The second kappa shape index (κ2) is 38.6. The fourth-order valence-corrected chi connectivity index (χ4v) is 15.2. The molecule has 20 nitrogen and oxygen atoms in total. The molecule has 4 aromatic heterocycles. The normalized spacial score (nSPS) is 15.4. The van der Waals surface area contributed by atoms with Crippen LogP contribution in [0.15, 0.2) is 223 Å². The summed E-state index contributed by atoms with van der Waals surface area (Å²) in [5, 5.41) is 3.13. The van der Waals surface area contributed by atoms with Gasteiger partial charge in [-0.1, -0.05) is 50.3 Å². The second-order valence-electron chi connectivity index (χ2n) is 27.9. The molecule has 8 aromatic rings. The molecule has 0 spiro atoms. The van der Waals surface area contributed by atoms with E-state index in [2.05, 4.69) is 115 Å². The van der Waals surface area contributed by atoms with E-state index in [4.69, 9.17) is 18.9 Å². The van der Waals surface area contributed by atoms with Crippen LogP contribution in [0.2, 0.25) is 0 Å². The molecule has 24 heteroatoms. The second-order valence-corrected chi connectivity index (χ2v) is 31.0. The first-order chi connectivity index (χ1) is 50.6. The summed E-state index contributed by atoms with van der Waals surface area (Å²) in [4.78, 5) is 39.5. The van der Waals surface area contributed by atoms with Crippen LogP contribution in [0.3, 0.4) is 0 Å². The molecule has 0 saturated carbocycles. The third-order valence-corrected chi connectivity index (χ3v) is 21.0. The fraction of sp³-hybridized carbons (Fsp3) is 0.349. The molecule has 2 N–H and O–H groups in total. The number of nitrogens with one attached hydrogen (secondary N) is 1. The molecular formula is C83H95N9O11S2Zn2+4. The van der Waals surface area contributed by atoms with Gasteiger partial charge in [-0.25, -0.2) is 8.42 Å². The SMILES string of the molecule is COc1ccc2c(c1)C(C)(C)C(/C=C/C1=C(Oc3ccc(C(=O)NCCCCOc4cc(CN(Cc5ccccn5)Cc5ccccn5)cc(CN(Cc5ccccn5)Cc5ccccn5)c4)cc3)C(=C/C=C3/N(CCCCS(=O)(=O)[O-])c4ccc(OC)cc4C3(C)C)/CCC1)=[N+]2CCCCS(=O)(=O)O.[Zn+2].[Zn+2]. The standard InChI is InChI=1S/C83H95N9O11S2.2Zn/c1-82(2)74-53-71(100-5)34-36-76(74)91(45-16-19-48-104(94,95)96)78(82)38-30-63-22-21-23-64(31-39-79-83(3,4)75-54-72(101-6)35-37-77(75)92(79)46-17-20-49-105(97,98)99)80(63)103-70-32-28-65(29-33-70)81(93)88-44-15-18-47-102-73-51-61(55-89(57-66-24-7-11-40-84-66)58-67-25-8-12-41-85-67)50-62(52-73)56-90(59-68-26-9-13-42-86-68)60-69-27-10-14-43-87-69;;/h7-14,24-43,50-54H,15-23,44-49,55-60H2,1-6H3,(H2-,88,93,94,95,96,97,98,99);;/q;2*+2. The number of benzene rings is 4. The van der Waals surface area contributed by atoms with Crippen LogP contribution in [0.1, 0.15) is 141 Å². The first-order valence-electron chi connectivity index (χ1n) is 36.0. The fourth-order valence-electron chi connectivity index (χ4n) is 14.1. The van der Waals surface area contributed by atoms with Crippen molar-refractivity contribution in [2.45, 2.75) is 136 Å². The van der Waals surface area contributed by atoms with Gasteiger partial charge in [0.25, 0.3) is 16.0 Å². The number of rotatable bonds is 36. The van der Waals surface area contributed by atoms with E-state index in [1.54, 1.807) is 26.4 Å². The number of hydrogen-bond acceptors (Lipinski definition) is 17. The number of pyridine rings is 4. The first-order valence-corrected chi connectivity index (χ1v) is 39.1. The Balaban J connectivity index is 0.00000661. The molecule has 0 fully saturated rings. The number of methoxy groups -OCH3 is 2. The number of nitrogens with zero attached hydrogens (tertiary/aromatic N) is 8. The van der Waals surface area contributed by atoms with Crippen LogP contribution in [0.5, 0.6) is 23.0 Å². The zero-order valence-corrected chi connectivity index (χ0v) is 69.8. The Morgan fingerprint density at radius 1 is 0.598 bits per heavy atom. The third-order valence-electron chi connectivity index (χ3n) is 19.4. The molecule has 550 valence electrons. The molecule has 1 amide bonds. The molecule has 0 saturated heterocycles. The minimum absolute atomic E-state index is 0. The maximum atomic E-state index is 13.9. The van der Waals surface area contributed by atoms with E-state index in [0.29, 0.717) is 127 Å². The maximum absolute atomic E-state index is 13.9. The van der Waals surface area contributed by atoms with Gasteiger partial charge in [-0.05, 0) is 220 Å². The number of allylic oxidation sites excluding steroid dienone is 7. The predicted molar refractivity (Wildman–Crippen MR) is 408 cm³/mol. The number of hydrogen-bond donors (Lipinski definition) is 2. The van der Waals surface area contributed by atoms with Gasteiger partial charge >= 0.3 is 39.0 Å². The van der Waals surface area contributed by atoms with Crippen LogP contribution in [-0.4, -0.2) is 124 Å². The molecule has 1 aliphatic carbocycles. The molecule has 11 rings (SSSR count). The van der Waals surface area contributed by atoms with Gasteiger partial charge in [0.2, 0.25) is 5.69 Å². The summed E-state index contributed by atoms with van der Waals surface area (Å²) < 4.78 is 95.6. The number of carbonyl (C=O) groups excluding carboxylic acids is 1. The smallest absolute Gasteiger partial charge is 0.748 e. The molecule has 0 atom stereocenters. The molecule has 0 unspecified atom stereocenters. The van der Waals surface area contributed by atoms with E-state index in [9.17, 15) is 30.7 Å². The summed E-state index contributed by atoms with van der Waals surface area (Å²) >= 11 is 0. The van der Waals surface area contributed by atoms with Gasteiger partial charge in [-0.3, -0.25) is 39.1 Å². The van der Waals surface area contributed by atoms with Gasteiger partial charge in [0, 0.05) is 129 Å². The summed E-state index contributed by atoms with van der Waals surface area (Å²) in [6.07, 6.45) is 20.8. The largest absolute Gasteiger partial charge is 2.00 e. The van der Waals surface area contributed by atoms with Crippen molar-refractivity contribution >= 4 is 43.2 Å². The van der Waals surface area contributed by atoms with Crippen molar-refractivity contribution in [1.82, 2.24) is 35.1 Å². The van der Waals surface area contributed by atoms with Gasteiger partial charge in [-0.2, -0.15) is 13.0 Å². The van der Waals surface area contributed by atoms with E-state index in [1.165, 1.54) is 0 Å². The van der Waals surface area contributed by atoms with Gasteiger partial charge in [-0.15, -0.1) is 0 Å². The average molecular weight is 1590 g/mol. The van der Waals surface area contributed by atoms with E-state index >= 15 is 0 Å². The number of amides is 1. The Hall–Kier alpha value is -8.43. The first kappa shape index (κ1) is 82.6. The minimum Gasteiger partial charge on any atom is -0.748 e. The van der Waals surface area contributed by atoms with E-state index < -0.39 is 36.8 Å². The summed E-state index contributed by atoms with van der Waals surface area (Å²) in [5.74, 6) is 2.39. The molecule has 2 aliphatic heterocycles. The number of carbonyl (C=O) groups is 1. The summed E-state index contributed by atoms with van der Waals surface area (Å²) in [7, 11) is -5.24. The van der Waals surface area contributed by atoms with E-state index in [1.807, 2.05) is 146 Å². The molecule has 0 bridgehead atoms. The predicted octanol–water partition coefficient (Wildman–Crippen LogP) is 14.3. The van der Waals surface area contributed by atoms with Crippen molar-refractivity contribution in [3.63, 3.8) is 0 Å². The number of anilines is 1. The van der Waals surface area contributed by atoms with Crippen molar-refractivity contribution < 1.29 is 93.2 Å². The van der Waals surface area contributed by atoms with Crippen LogP contribution >= 0.6 is 0 Å². The number of fused-ring (bicyclic) bond motifs is 2. The molecule has 0 radical (unpaired) electrons. The van der Waals surface area contributed by atoms with Crippen LogP contribution < -0.4 is 29.2 Å². The summed E-state index contributed by atoms with van der Waals surface area (Å²) in [5.41, 5.74) is 13.4. The van der Waals surface area contributed by atoms with Gasteiger partial charge in [0.15, 0.2) is 5.71 Å². The summed E-state index contributed by atoms with van der Waals surface area (Å²) in [6.45, 7) is 14.2. The average Bonchev–Trinajstić information content (AvgIpc) is 1.59. The van der Waals surface area contributed by atoms with Crippen LogP contribution in [0, 0.1) is 0 Å². The van der Waals surface area contributed by atoms with Gasteiger partial charge < -0.3 is 33.7 Å². The Kier molecular flexibility index (Phi) is 29.8. The van der Waals surface area contributed by atoms with Crippen molar-refractivity contribution in [3.05, 3.63) is 274 Å². The Morgan fingerprint density at radius 3 is 1.69 bits per heavy atom. The Labute approximate surface area is 656 Å². The molecule has 6 heterocycles. The van der Waals surface area contributed by atoms with Crippen molar-refractivity contribution in [2.75, 3.05) is 56.9 Å². The molecule has 107 heavy (non-hydrogen) atoms. The van der Waals surface area contributed by atoms with E-state index in [0.717, 1.165) is 96.9 Å². The van der Waals surface area contributed by atoms with Crippen molar-refractivity contribution in [1.29, 1.82) is 0 Å². The Bertz CT molecular complexity index is 4510. The van der Waals surface area contributed by atoms with Gasteiger partial charge in [0.1, 0.15) is 35.3 Å². The molecule has 4 aromatic carbocycles. The van der Waals surface area contributed by atoms with Crippen LogP contribution in [0.4, 0.5) is 11.4 Å². The summed E-state index contributed by atoms with van der Waals surface area (Å²) in [6, 6.07) is 49.6. The quantitative estimate of drug-likeness (QED) is 0.0160. The van der Waals surface area contributed by atoms with Crippen molar-refractivity contribution in [2.24, 2.45) is 0 Å². The van der Waals surface area contributed by atoms with Crippen LogP contribution in [-0.2, 0) is 109 Å². The van der Waals surface area contributed by atoms with Crippen LogP contribution in [0.25, 0.3) is 0 Å². The van der Waals surface area contributed by atoms with Crippen molar-refractivity contribution in [3.8, 4) is 23.0 Å². The maximum Gasteiger partial charge on any atom is 2.00 e. The Morgan fingerprint density at radius 2 is 1.15 bits per heavy atom. The minimum atomic E-state index is -4.39. The molecular weight excluding hydrogens is 1490 g/mol.